The summed E-state index contributed by atoms with van der Waals surface area (Å²) in [5.41, 5.74) is 0.625. The first-order valence-electron chi connectivity index (χ1n) is 11.3. The van der Waals surface area contributed by atoms with Gasteiger partial charge in [0.05, 0.1) is 16.0 Å². The van der Waals surface area contributed by atoms with Crippen LogP contribution >= 0.6 is 11.8 Å². The van der Waals surface area contributed by atoms with E-state index in [0.29, 0.717) is 11.1 Å². The van der Waals surface area contributed by atoms with E-state index in [-0.39, 0.29) is 18.5 Å². The number of carbonyl (C=O) groups excluding carboxylic acids is 4. The molecule has 0 aromatic heterocycles. The summed E-state index contributed by atoms with van der Waals surface area (Å²) in [6.45, 7) is 7.39. The van der Waals surface area contributed by atoms with Crippen molar-refractivity contribution < 1.29 is 19.2 Å². The molecular formula is C24H31N3O4S. The predicted octanol–water partition coefficient (Wildman–Crippen LogP) is 3.19. The number of hydrogen-bond donors (Lipinski definition) is 1. The summed E-state index contributed by atoms with van der Waals surface area (Å²) >= 11 is 1.56. The molecule has 2 aliphatic heterocycles. The Morgan fingerprint density at radius 1 is 1.00 bits per heavy atom. The van der Waals surface area contributed by atoms with Crippen LogP contribution in [-0.4, -0.2) is 61.7 Å². The first-order chi connectivity index (χ1) is 15.0. The minimum absolute atomic E-state index is 0.133. The summed E-state index contributed by atoms with van der Waals surface area (Å²) in [4.78, 5) is 54.4. The number of imide groups is 1. The topological polar surface area (TPSA) is 86.8 Å². The molecule has 0 radical (unpaired) electrons. The number of rotatable bonds is 4. The quantitative estimate of drug-likeness (QED) is 0.702. The number of nitrogens with zero attached hydrogens (tertiary/aromatic N) is 2. The third kappa shape index (κ3) is 3.93. The third-order valence-corrected chi connectivity index (χ3v) is 8.10. The van der Waals surface area contributed by atoms with Crippen molar-refractivity contribution in [2.45, 2.75) is 81.5 Å². The Bertz CT molecular complexity index is 933. The van der Waals surface area contributed by atoms with Gasteiger partial charge in [-0.1, -0.05) is 31.4 Å². The van der Waals surface area contributed by atoms with Gasteiger partial charge >= 0.3 is 0 Å². The van der Waals surface area contributed by atoms with Crippen LogP contribution in [-0.2, 0) is 9.59 Å². The molecule has 2 fully saturated rings. The Labute approximate surface area is 193 Å². The monoisotopic (exact) mass is 457 g/mol. The van der Waals surface area contributed by atoms with Crippen LogP contribution in [0.2, 0.25) is 0 Å². The number of amides is 4. The van der Waals surface area contributed by atoms with Crippen LogP contribution in [0, 0.1) is 0 Å². The Morgan fingerprint density at radius 3 is 2.12 bits per heavy atom. The molecule has 0 spiro atoms. The van der Waals surface area contributed by atoms with Gasteiger partial charge in [-0.3, -0.25) is 24.1 Å². The standard InChI is InChI=1S/C24H31N3O4S/c1-23(2)19(20(29)25-15-10-6-5-7-11-15)27(24(3,4)32-23)18(28)14-26-21(30)16-12-8-9-13-17(16)22(26)31/h8-9,12-13,15,19H,5-7,10-11,14H2,1-4H3,(H,25,29). The van der Waals surface area contributed by atoms with Gasteiger partial charge in [-0.15, -0.1) is 11.8 Å². The predicted molar refractivity (Wildman–Crippen MR) is 123 cm³/mol. The van der Waals surface area contributed by atoms with Crippen molar-refractivity contribution in [3.05, 3.63) is 35.4 Å². The lowest BCUT2D eigenvalue weighted by Gasteiger charge is -2.37. The van der Waals surface area contributed by atoms with E-state index < -0.39 is 33.4 Å². The molecule has 8 heteroatoms. The highest BCUT2D eigenvalue weighted by molar-refractivity contribution is 8.02. The van der Waals surface area contributed by atoms with Crippen LogP contribution in [0.4, 0.5) is 0 Å². The number of benzene rings is 1. The van der Waals surface area contributed by atoms with Gasteiger partial charge in [-0.2, -0.15) is 0 Å². The second kappa shape index (κ2) is 8.21. The van der Waals surface area contributed by atoms with Crippen molar-refractivity contribution in [3.8, 4) is 0 Å². The minimum Gasteiger partial charge on any atom is -0.352 e. The molecule has 32 heavy (non-hydrogen) atoms. The molecular weight excluding hydrogens is 426 g/mol. The van der Waals surface area contributed by atoms with E-state index in [9.17, 15) is 19.2 Å². The summed E-state index contributed by atoms with van der Waals surface area (Å²) in [7, 11) is 0. The van der Waals surface area contributed by atoms with Crippen molar-refractivity contribution in [1.29, 1.82) is 0 Å². The number of thioether (sulfide) groups is 1. The zero-order valence-corrected chi connectivity index (χ0v) is 20.0. The van der Waals surface area contributed by atoms with Crippen LogP contribution in [0.3, 0.4) is 0 Å². The van der Waals surface area contributed by atoms with Crippen LogP contribution in [0.5, 0.6) is 0 Å². The Balaban J connectivity index is 1.56. The second-order valence-corrected chi connectivity index (χ2v) is 12.2. The average molecular weight is 458 g/mol. The highest BCUT2D eigenvalue weighted by atomic mass is 32.2. The molecule has 1 aromatic rings. The van der Waals surface area contributed by atoms with Crippen molar-refractivity contribution in [3.63, 3.8) is 0 Å². The number of fused-ring (bicyclic) bond motifs is 1. The van der Waals surface area contributed by atoms with Gasteiger partial charge in [0.25, 0.3) is 11.8 Å². The van der Waals surface area contributed by atoms with E-state index in [1.54, 1.807) is 40.9 Å². The molecule has 1 aromatic carbocycles. The smallest absolute Gasteiger partial charge is 0.262 e. The molecule has 1 saturated carbocycles. The molecule has 3 aliphatic rings. The van der Waals surface area contributed by atoms with Crippen molar-refractivity contribution in [2.75, 3.05) is 6.54 Å². The van der Waals surface area contributed by atoms with Crippen LogP contribution in [0.25, 0.3) is 0 Å². The van der Waals surface area contributed by atoms with Gasteiger partial charge in [0, 0.05) is 10.8 Å². The van der Waals surface area contributed by atoms with Crippen LogP contribution < -0.4 is 5.32 Å². The largest absolute Gasteiger partial charge is 0.352 e. The second-order valence-electron chi connectivity index (χ2n) is 9.90. The van der Waals surface area contributed by atoms with Gasteiger partial charge in [0.2, 0.25) is 11.8 Å². The highest BCUT2D eigenvalue weighted by Crippen LogP contribution is 2.51. The molecule has 1 saturated heterocycles. The molecule has 0 bridgehead atoms. The van der Waals surface area contributed by atoms with E-state index in [4.69, 9.17) is 0 Å². The van der Waals surface area contributed by atoms with Gasteiger partial charge in [-0.25, -0.2) is 0 Å². The fraction of sp³-hybridized carbons (Fsp3) is 0.583. The molecule has 4 rings (SSSR count). The van der Waals surface area contributed by atoms with Crippen LogP contribution in [0.1, 0.15) is 80.5 Å². The van der Waals surface area contributed by atoms with Gasteiger partial charge in [-0.05, 0) is 52.7 Å². The molecule has 1 atom stereocenters. The lowest BCUT2D eigenvalue weighted by atomic mass is 9.93. The fourth-order valence-corrected chi connectivity index (χ4v) is 7.29. The lowest BCUT2D eigenvalue weighted by molar-refractivity contribution is -0.143. The first kappa shape index (κ1) is 22.8. The van der Waals surface area contributed by atoms with Crippen molar-refractivity contribution >= 4 is 35.4 Å². The first-order valence-corrected chi connectivity index (χ1v) is 12.1. The SMILES string of the molecule is CC1(C)SC(C)(C)N(C(=O)CN2C(=O)c3ccccc3C2=O)C1C(=O)NC1CCCCC1. The highest BCUT2D eigenvalue weighted by Gasteiger charge is 2.57. The Morgan fingerprint density at radius 2 is 1.56 bits per heavy atom. The van der Waals surface area contributed by atoms with Gasteiger partial charge in [0.1, 0.15) is 12.6 Å². The van der Waals surface area contributed by atoms with Crippen LogP contribution in [0.15, 0.2) is 24.3 Å². The van der Waals surface area contributed by atoms with E-state index in [1.165, 1.54) is 6.42 Å². The maximum Gasteiger partial charge on any atom is 0.262 e. The zero-order chi connectivity index (χ0) is 23.3. The summed E-state index contributed by atoms with van der Waals surface area (Å²) < 4.78 is -0.514. The number of carbonyl (C=O) groups is 4. The number of hydrogen-bond acceptors (Lipinski definition) is 5. The summed E-state index contributed by atoms with van der Waals surface area (Å²) in [6, 6.07) is 6.03. The van der Waals surface area contributed by atoms with Crippen molar-refractivity contribution in [2.24, 2.45) is 0 Å². The van der Waals surface area contributed by atoms with Crippen molar-refractivity contribution in [1.82, 2.24) is 15.1 Å². The Kier molecular flexibility index (Phi) is 5.86. The summed E-state index contributed by atoms with van der Waals surface area (Å²) in [6.07, 6.45) is 5.30. The average Bonchev–Trinajstić information content (AvgIpc) is 3.09. The molecule has 7 nitrogen and oxygen atoms in total. The minimum atomic E-state index is -0.688. The Hall–Kier alpha value is -2.35. The molecule has 172 valence electrons. The fourth-order valence-electron chi connectivity index (χ4n) is 5.37. The molecule has 4 amide bonds. The molecule has 1 aliphatic carbocycles. The number of nitrogens with one attached hydrogen (secondary N) is 1. The summed E-state index contributed by atoms with van der Waals surface area (Å²) in [5, 5.41) is 3.17. The molecule has 2 heterocycles. The lowest BCUT2D eigenvalue weighted by Crippen LogP contribution is -2.59. The maximum atomic E-state index is 13.5. The van der Waals surface area contributed by atoms with E-state index >= 15 is 0 Å². The maximum absolute atomic E-state index is 13.5. The van der Waals surface area contributed by atoms with Gasteiger partial charge in [0.15, 0.2) is 0 Å². The normalized spacial score (nSPS) is 24.6. The molecule has 1 unspecified atom stereocenters. The van der Waals surface area contributed by atoms with E-state index in [0.717, 1.165) is 30.6 Å². The van der Waals surface area contributed by atoms with Gasteiger partial charge < -0.3 is 10.2 Å². The third-order valence-electron chi connectivity index (χ3n) is 6.65. The molecule has 1 N–H and O–H groups in total. The zero-order valence-electron chi connectivity index (χ0n) is 19.1. The summed E-state index contributed by atoms with van der Waals surface area (Å²) in [5.74, 6) is -1.49. The van der Waals surface area contributed by atoms with E-state index in [1.807, 2.05) is 27.7 Å². The van der Waals surface area contributed by atoms with E-state index in [2.05, 4.69) is 5.32 Å².